The summed E-state index contributed by atoms with van der Waals surface area (Å²) >= 11 is 1.62. The third kappa shape index (κ3) is 8.14. The number of likely N-dealkylation sites (tertiary alicyclic amines) is 1. The maximum Gasteiger partial charge on any atom is 0.242 e. The van der Waals surface area contributed by atoms with Crippen molar-refractivity contribution in [3.05, 3.63) is 58.0 Å². The topological polar surface area (TPSA) is 43.9 Å². The van der Waals surface area contributed by atoms with Gasteiger partial charge >= 0.3 is 0 Å². The summed E-state index contributed by atoms with van der Waals surface area (Å²) in [6, 6.07) is 10.3. The Morgan fingerprint density at radius 1 is 0.943 bits per heavy atom. The second kappa shape index (κ2) is 13.2. The van der Waals surface area contributed by atoms with E-state index in [9.17, 15) is 14.0 Å². The van der Waals surface area contributed by atoms with Crippen LogP contribution in [0.25, 0.3) is 0 Å². The number of amides is 2. The Labute approximate surface area is 212 Å². The second-order valence-electron chi connectivity index (χ2n) is 10.0. The average Bonchev–Trinajstić information content (AvgIpc) is 3.65. The molecule has 5 nitrogen and oxygen atoms in total. The number of halogens is 1. The van der Waals surface area contributed by atoms with E-state index in [1.54, 1.807) is 33.3 Å². The van der Waals surface area contributed by atoms with Gasteiger partial charge in [-0.1, -0.05) is 43.9 Å². The third-order valence-electron chi connectivity index (χ3n) is 7.37. The highest BCUT2D eigenvalue weighted by molar-refractivity contribution is 7.09. The summed E-state index contributed by atoms with van der Waals surface area (Å²) in [5.41, 5.74) is 0.882. The Bertz CT molecular complexity index is 922. The van der Waals surface area contributed by atoms with Crippen LogP contribution in [0.15, 0.2) is 41.8 Å². The standard InChI is InChI=1S/C28H38FN3O2S/c29-25-12-9-24(10-13-25)20-32(21-26-8-5-19-35-26)28(34)22-31(18-17-30-15-3-4-16-30)27(33)14-11-23-6-1-2-7-23/h5,8-10,12-13,19,23H,1-4,6-7,11,14-18,20-22H2. The summed E-state index contributed by atoms with van der Waals surface area (Å²) in [5, 5.41) is 2.00. The fourth-order valence-corrected chi connectivity index (χ4v) is 5.96. The van der Waals surface area contributed by atoms with Crippen LogP contribution in [-0.2, 0) is 22.7 Å². The smallest absolute Gasteiger partial charge is 0.242 e. The lowest BCUT2D eigenvalue weighted by molar-refractivity contribution is -0.141. The minimum atomic E-state index is -0.286. The number of rotatable bonds is 12. The highest BCUT2D eigenvalue weighted by Gasteiger charge is 2.25. The maximum atomic E-state index is 13.6. The summed E-state index contributed by atoms with van der Waals surface area (Å²) < 4.78 is 13.4. The maximum absolute atomic E-state index is 13.6. The van der Waals surface area contributed by atoms with Crippen molar-refractivity contribution in [2.45, 2.75) is 64.5 Å². The van der Waals surface area contributed by atoms with Gasteiger partial charge < -0.3 is 14.7 Å². The van der Waals surface area contributed by atoms with Gasteiger partial charge in [-0.15, -0.1) is 11.3 Å². The van der Waals surface area contributed by atoms with E-state index in [0.717, 1.165) is 36.5 Å². The molecule has 0 spiro atoms. The van der Waals surface area contributed by atoms with Crippen molar-refractivity contribution in [1.82, 2.24) is 14.7 Å². The number of benzene rings is 1. The van der Waals surface area contributed by atoms with Crippen LogP contribution in [0.1, 0.15) is 61.8 Å². The zero-order chi connectivity index (χ0) is 24.5. The third-order valence-corrected chi connectivity index (χ3v) is 8.23. The number of hydrogen-bond donors (Lipinski definition) is 0. The van der Waals surface area contributed by atoms with Gasteiger partial charge in [-0.3, -0.25) is 9.59 Å². The number of carbonyl (C=O) groups excluding carboxylic acids is 2. The van der Waals surface area contributed by atoms with Crippen LogP contribution in [0, 0.1) is 11.7 Å². The van der Waals surface area contributed by atoms with E-state index in [1.807, 2.05) is 17.5 Å². The van der Waals surface area contributed by atoms with Gasteiger partial charge in [0.05, 0.1) is 13.1 Å². The number of thiophene rings is 1. The van der Waals surface area contributed by atoms with E-state index in [4.69, 9.17) is 0 Å². The summed E-state index contributed by atoms with van der Waals surface area (Å²) in [6.45, 7) is 4.56. The molecular formula is C28H38FN3O2S. The van der Waals surface area contributed by atoms with Gasteiger partial charge in [0, 0.05) is 30.9 Å². The zero-order valence-electron chi connectivity index (χ0n) is 20.7. The van der Waals surface area contributed by atoms with E-state index >= 15 is 0 Å². The van der Waals surface area contributed by atoms with E-state index in [1.165, 1.54) is 50.7 Å². The van der Waals surface area contributed by atoms with Gasteiger partial charge in [0.25, 0.3) is 0 Å². The fraction of sp³-hybridized carbons (Fsp3) is 0.571. The molecule has 0 atom stereocenters. The van der Waals surface area contributed by atoms with Crippen LogP contribution < -0.4 is 0 Å². The van der Waals surface area contributed by atoms with Gasteiger partial charge in [-0.2, -0.15) is 0 Å². The molecule has 35 heavy (non-hydrogen) atoms. The molecule has 2 aliphatic rings. The molecule has 0 bridgehead atoms. The van der Waals surface area contributed by atoms with Crippen molar-refractivity contribution >= 4 is 23.2 Å². The Balaban J connectivity index is 1.42. The monoisotopic (exact) mass is 499 g/mol. The summed E-state index contributed by atoms with van der Waals surface area (Å²) in [7, 11) is 0. The molecule has 190 valence electrons. The lowest BCUT2D eigenvalue weighted by atomic mass is 10.0. The number of nitrogens with zero attached hydrogens (tertiary/aromatic N) is 3. The fourth-order valence-electron chi connectivity index (χ4n) is 5.24. The molecular weight excluding hydrogens is 461 g/mol. The molecule has 2 fully saturated rings. The Morgan fingerprint density at radius 3 is 2.37 bits per heavy atom. The lowest BCUT2D eigenvalue weighted by Crippen LogP contribution is -2.45. The molecule has 1 aromatic heterocycles. The Morgan fingerprint density at radius 2 is 1.69 bits per heavy atom. The molecule has 0 unspecified atom stereocenters. The molecule has 2 heterocycles. The molecule has 7 heteroatoms. The number of hydrogen-bond acceptors (Lipinski definition) is 4. The molecule has 0 radical (unpaired) electrons. The van der Waals surface area contributed by atoms with Crippen LogP contribution in [0.4, 0.5) is 4.39 Å². The lowest BCUT2D eigenvalue weighted by Gasteiger charge is -2.29. The van der Waals surface area contributed by atoms with Crippen LogP contribution in [0.2, 0.25) is 0 Å². The summed E-state index contributed by atoms with van der Waals surface area (Å²) in [4.78, 5) is 33.9. The molecule has 2 amide bonds. The highest BCUT2D eigenvalue weighted by atomic mass is 32.1. The molecule has 0 N–H and O–H groups in total. The first-order valence-electron chi connectivity index (χ1n) is 13.1. The van der Waals surface area contributed by atoms with E-state index in [-0.39, 0.29) is 24.2 Å². The van der Waals surface area contributed by atoms with Crippen molar-refractivity contribution in [2.75, 3.05) is 32.7 Å². The first-order valence-corrected chi connectivity index (χ1v) is 14.0. The molecule has 1 saturated carbocycles. The predicted octanol–water partition coefficient (Wildman–Crippen LogP) is 5.31. The second-order valence-corrected chi connectivity index (χ2v) is 11.0. The van der Waals surface area contributed by atoms with E-state index in [0.29, 0.717) is 32.0 Å². The van der Waals surface area contributed by atoms with Crippen molar-refractivity contribution < 1.29 is 14.0 Å². The highest BCUT2D eigenvalue weighted by Crippen LogP contribution is 2.28. The molecule has 2 aromatic rings. The Kier molecular flexibility index (Phi) is 9.72. The van der Waals surface area contributed by atoms with Crippen molar-refractivity contribution in [3.8, 4) is 0 Å². The van der Waals surface area contributed by atoms with Crippen molar-refractivity contribution in [2.24, 2.45) is 5.92 Å². The number of carbonyl (C=O) groups is 2. The average molecular weight is 500 g/mol. The predicted molar refractivity (Wildman–Crippen MR) is 138 cm³/mol. The first-order chi connectivity index (χ1) is 17.1. The molecule has 1 aromatic carbocycles. The Hall–Kier alpha value is -2.25. The minimum absolute atomic E-state index is 0.0571. The van der Waals surface area contributed by atoms with Crippen LogP contribution in [0.5, 0.6) is 0 Å². The van der Waals surface area contributed by atoms with Gasteiger partial charge in [0.2, 0.25) is 11.8 Å². The van der Waals surface area contributed by atoms with Crippen LogP contribution in [-0.4, -0.2) is 59.2 Å². The largest absolute Gasteiger partial charge is 0.332 e. The van der Waals surface area contributed by atoms with Gasteiger partial charge in [0.15, 0.2) is 0 Å². The van der Waals surface area contributed by atoms with Gasteiger partial charge in [-0.25, -0.2) is 4.39 Å². The normalized spacial score (nSPS) is 16.6. The molecule has 1 saturated heterocycles. The molecule has 1 aliphatic carbocycles. The van der Waals surface area contributed by atoms with Crippen molar-refractivity contribution in [1.29, 1.82) is 0 Å². The molecule has 4 rings (SSSR count). The van der Waals surface area contributed by atoms with Gasteiger partial charge in [-0.05, 0) is 67.4 Å². The minimum Gasteiger partial charge on any atom is -0.332 e. The van der Waals surface area contributed by atoms with E-state index < -0.39 is 0 Å². The SMILES string of the molecule is O=C(CCC1CCCC1)N(CCN1CCCC1)CC(=O)N(Cc1ccc(F)cc1)Cc1cccs1. The first kappa shape index (κ1) is 25.8. The molecule has 1 aliphatic heterocycles. The van der Waals surface area contributed by atoms with Crippen LogP contribution in [0.3, 0.4) is 0 Å². The van der Waals surface area contributed by atoms with Crippen molar-refractivity contribution in [3.63, 3.8) is 0 Å². The van der Waals surface area contributed by atoms with Gasteiger partial charge in [0.1, 0.15) is 5.82 Å². The summed E-state index contributed by atoms with van der Waals surface area (Å²) in [6.07, 6.45) is 8.89. The summed E-state index contributed by atoms with van der Waals surface area (Å²) in [5.74, 6) is 0.412. The zero-order valence-corrected chi connectivity index (χ0v) is 21.5. The van der Waals surface area contributed by atoms with E-state index in [2.05, 4.69) is 4.90 Å². The van der Waals surface area contributed by atoms with Crippen LogP contribution >= 0.6 is 11.3 Å². The quantitative estimate of drug-likeness (QED) is 0.398.